The molecule has 0 unspecified atom stereocenters. The molecular weight excluding hydrogens is 508 g/mol. The number of carbonyl (C=O) groups excluding carboxylic acids is 1. The summed E-state index contributed by atoms with van der Waals surface area (Å²) in [4.78, 5) is 32.9. The van der Waals surface area contributed by atoms with Crippen LogP contribution in [0.4, 0.5) is 5.82 Å². The molecule has 2 aromatic rings. The highest BCUT2D eigenvalue weighted by molar-refractivity contribution is 8.26. The van der Waals surface area contributed by atoms with E-state index >= 15 is 0 Å². The summed E-state index contributed by atoms with van der Waals surface area (Å²) in [5.74, 6) is -0.0704. The number of aromatic nitrogens is 2. The first-order valence-corrected chi connectivity index (χ1v) is 14.5. The number of amides is 1. The van der Waals surface area contributed by atoms with Crippen LogP contribution in [0.1, 0.15) is 37.8 Å². The number of nitrogens with one attached hydrogen (secondary N) is 1. The number of carbonyl (C=O) groups is 1. The third-order valence-electron chi connectivity index (χ3n) is 5.74. The van der Waals surface area contributed by atoms with E-state index in [1.54, 1.807) is 12.3 Å². The monoisotopic (exact) mass is 536 g/mol. The quantitative estimate of drug-likeness (QED) is 0.309. The topological polar surface area (TPSA) is 110 Å². The standard InChI is InChI=1S/C23H28N4O5S3/c1-14(2)32-9-4-8-24-20-17(21(28)26-12-15(3)5-6-19(26)25-20)11-18-22(29)27(23(33)34-18)16-7-10-35(30,31)13-16/h5-6,11-12,14,16,24H,4,7-10,13H2,1-3H3/t16-/m1/s1. The van der Waals surface area contributed by atoms with Gasteiger partial charge < -0.3 is 10.1 Å². The number of thiocarbonyl (C=S) groups is 1. The molecule has 0 aromatic carbocycles. The Labute approximate surface area is 213 Å². The van der Waals surface area contributed by atoms with Gasteiger partial charge in [-0.25, -0.2) is 13.4 Å². The van der Waals surface area contributed by atoms with Crippen LogP contribution in [-0.4, -0.2) is 69.7 Å². The van der Waals surface area contributed by atoms with E-state index in [0.29, 0.717) is 41.8 Å². The molecule has 1 amide bonds. The molecule has 0 saturated carbocycles. The van der Waals surface area contributed by atoms with Gasteiger partial charge in [0.1, 0.15) is 15.8 Å². The second-order valence-corrected chi connectivity index (χ2v) is 12.8. The molecule has 9 nitrogen and oxygen atoms in total. The van der Waals surface area contributed by atoms with Gasteiger partial charge in [-0.05, 0) is 51.3 Å². The number of rotatable bonds is 8. The van der Waals surface area contributed by atoms with Crippen LogP contribution in [0.25, 0.3) is 11.7 Å². The van der Waals surface area contributed by atoms with E-state index in [-0.39, 0.29) is 39.5 Å². The van der Waals surface area contributed by atoms with Crippen molar-refractivity contribution in [3.05, 3.63) is 44.7 Å². The van der Waals surface area contributed by atoms with Gasteiger partial charge in [0.2, 0.25) is 0 Å². The van der Waals surface area contributed by atoms with E-state index in [1.807, 2.05) is 26.8 Å². The number of nitrogens with zero attached hydrogens (tertiary/aromatic N) is 3. The second-order valence-electron chi connectivity index (χ2n) is 8.92. The molecule has 35 heavy (non-hydrogen) atoms. The van der Waals surface area contributed by atoms with Crippen LogP contribution in [-0.2, 0) is 19.4 Å². The van der Waals surface area contributed by atoms with E-state index in [2.05, 4.69) is 10.3 Å². The van der Waals surface area contributed by atoms with Crippen LogP contribution in [0.2, 0.25) is 0 Å². The molecule has 1 atom stereocenters. The van der Waals surface area contributed by atoms with E-state index in [9.17, 15) is 18.0 Å². The Morgan fingerprint density at radius 2 is 2.11 bits per heavy atom. The molecule has 188 valence electrons. The summed E-state index contributed by atoms with van der Waals surface area (Å²) in [6.07, 6.45) is 4.42. The lowest BCUT2D eigenvalue weighted by Crippen LogP contribution is -2.39. The van der Waals surface area contributed by atoms with E-state index in [0.717, 1.165) is 17.3 Å². The van der Waals surface area contributed by atoms with Crippen molar-refractivity contribution in [3.8, 4) is 0 Å². The van der Waals surface area contributed by atoms with Gasteiger partial charge in [0, 0.05) is 19.3 Å². The van der Waals surface area contributed by atoms with Crippen LogP contribution in [0, 0.1) is 6.92 Å². The number of pyridine rings is 1. The summed E-state index contributed by atoms with van der Waals surface area (Å²) >= 11 is 6.48. The zero-order valence-corrected chi connectivity index (χ0v) is 22.3. The van der Waals surface area contributed by atoms with Gasteiger partial charge in [0.05, 0.1) is 34.1 Å². The molecule has 2 saturated heterocycles. The average molecular weight is 537 g/mol. The van der Waals surface area contributed by atoms with Gasteiger partial charge >= 0.3 is 0 Å². The molecule has 2 fully saturated rings. The van der Waals surface area contributed by atoms with E-state index < -0.39 is 15.9 Å². The molecule has 0 aliphatic carbocycles. The van der Waals surface area contributed by atoms with E-state index in [4.69, 9.17) is 17.0 Å². The highest BCUT2D eigenvalue weighted by Crippen LogP contribution is 2.36. The maximum atomic E-state index is 13.4. The maximum Gasteiger partial charge on any atom is 0.267 e. The Bertz CT molecular complexity index is 1370. The Balaban J connectivity index is 1.67. The fourth-order valence-electron chi connectivity index (χ4n) is 4.03. The number of aryl methyl sites for hydroxylation is 1. The zero-order valence-electron chi connectivity index (χ0n) is 19.8. The molecule has 2 aromatic heterocycles. The molecule has 0 spiro atoms. The lowest BCUT2D eigenvalue weighted by Gasteiger charge is -2.20. The fraction of sp³-hybridized carbons (Fsp3) is 0.478. The number of anilines is 1. The minimum atomic E-state index is -3.18. The van der Waals surface area contributed by atoms with Crippen molar-refractivity contribution in [2.75, 3.05) is 30.0 Å². The van der Waals surface area contributed by atoms with Crippen LogP contribution in [0.3, 0.4) is 0 Å². The Morgan fingerprint density at radius 1 is 1.34 bits per heavy atom. The number of ether oxygens (including phenoxy) is 1. The summed E-state index contributed by atoms with van der Waals surface area (Å²) < 4.78 is 31.2. The smallest absolute Gasteiger partial charge is 0.267 e. The summed E-state index contributed by atoms with van der Waals surface area (Å²) in [5.41, 5.74) is 1.32. The molecule has 1 N–H and O–H groups in total. The number of hydrogen-bond acceptors (Lipinski definition) is 9. The Morgan fingerprint density at radius 3 is 2.80 bits per heavy atom. The average Bonchev–Trinajstić information content (AvgIpc) is 3.27. The van der Waals surface area contributed by atoms with E-state index in [1.165, 1.54) is 15.4 Å². The second kappa shape index (κ2) is 10.4. The fourth-order valence-corrected chi connectivity index (χ4v) is 7.11. The Hall–Kier alpha value is -2.28. The van der Waals surface area contributed by atoms with Gasteiger partial charge in [-0.2, -0.15) is 0 Å². The van der Waals surface area contributed by atoms with Crippen molar-refractivity contribution in [2.24, 2.45) is 0 Å². The molecule has 2 aliphatic heterocycles. The van der Waals surface area contributed by atoms with Gasteiger partial charge in [-0.15, -0.1) is 0 Å². The van der Waals surface area contributed by atoms with Crippen LogP contribution in [0.15, 0.2) is 28.0 Å². The number of fused-ring (bicyclic) bond motifs is 1. The van der Waals surface area contributed by atoms with Crippen LogP contribution < -0.4 is 10.9 Å². The largest absolute Gasteiger partial charge is 0.379 e. The Kier molecular flexibility index (Phi) is 7.65. The van der Waals surface area contributed by atoms with Gasteiger partial charge in [0.25, 0.3) is 11.5 Å². The summed E-state index contributed by atoms with van der Waals surface area (Å²) in [6, 6.07) is 3.17. The first-order chi connectivity index (χ1) is 16.6. The summed E-state index contributed by atoms with van der Waals surface area (Å²) in [7, 11) is -3.18. The number of thioether (sulfide) groups is 1. The van der Waals surface area contributed by atoms with Gasteiger partial charge in [0.15, 0.2) is 9.84 Å². The van der Waals surface area contributed by atoms with Crippen LogP contribution in [0.5, 0.6) is 0 Å². The molecular formula is C23H28N4O5S3. The SMILES string of the molecule is Cc1ccc2nc(NCCCOC(C)C)c(C=C3SC(=S)N([C@@H]4CCS(=O)(=O)C4)C3=O)c(=O)n2c1. The summed E-state index contributed by atoms with van der Waals surface area (Å²) in [6.45, 7) is 6.91. The zero-order chi connectivity index (χ0) is 25.3. The highest BCUT2D eigenvalue weighted by Gasteiger charge is 2.42. The van der Waals surface area contributed by atoms with Crippen molar-refractivity contribution in [1.82, 2.24) is 14.3 Å². The molecule has 2 aliphatic rings. The molecule has 4 rings (SSSR count). The highest BCUT2D eigenvalue weighted by atomic mass is 32.2. The molecule has 12 heteroatoms. The normalized spacial score (nSPS) is 21.1. The van der Waals surface area contributed by atoms with Crippen molar-refractivity contribution in [1.29, 1.82) is 0 Å². The molecule has 0 radical (unpaired) electrons. The first kappa shape index (κ1) is 25.8. The van der Waals surface area contributed by atoms with Crippen molar-refractivity contribution >= 4 is 61.6 Å². The first-order valence-electron chi connectivity index (χ1n) is 11.4. The number of hydrogen-bond donors (Lipinski definition) is 1. The molecule has 0 bridgehead atoms. The van der Waals surface area contributed by atoms with Gasteiger partial charge in [-0.1, -0.05) is 30.0 Å². The predicted molar refractivity (Wildman–Crippen MR) is 142 cm³/mol. The van der Waals surface area contributed by atoms with Crippen molar-refractivity contribution in [2.45, 2.75) is 45.8 Å². The van der Waals surface area contributed by atoms with Crippen LogP contribution >= 0.6 is 24.0 Å². The lowest BCUT2D eigenvalue weighted by molar-refractivity contribution is -0.123. The van der Waals surface area contributed by atoms with Crippen molar-refractivity contribution < 1.29 is 17.9 Å². The minimum absolute atomic E-state index is 0.0393. The third-order valence-corrected chi connectivity index (χ3v) is 8.82. The third kappa shape index (κ3) is 5.76. The minimum Gasteiger partial charge on any atom is -0.379 e. The molecule has 4 heterocycles. The van der Waals surface area contributed by atoms with Crippen molar-refractivity contribution in [3.63, 3.8) is 0 Å². The maximum absolute atomic E-state index is 13.4. The predicted octanol–water partition coefficient (Wildman–Crippen LogP) is 2.62. The lowest BCUT2D eigenvalue weighted by atomic mass is 10.2. The number of sulfone groups is 1. The van der Waals surface area contributed by atoms with Gasteiger partial charge in [-0.3, -0.25) is 18.9 Å². The summed E-state index contributed by atoms with van der Waals surface area (Å²) in [5, 5.41) is 3.22.